The first-order valence-corrected chi connectivity index (χ1v) is 5.18. The van der Waals surface area contributed by atoms with Crippen molar-refractivity contribution in [3.63, 3.8) is 0 Å². The predicted octanol–water partition coefficient (Wildman–Crippen LogP) is 1.68. The second kappa shape index (κ2) is 3.61. The minimum Gasteiger partial charge on any atom is -0.481 e. The molecule has 0 bridgehead atoms. The lowest BCUT2D eigenvalue weighted by Gasteiger charge is -2.22. The minimum atomic E-state index is -0.777. The van der Waals surface area contributed by atoms with Gasteiger partial charge in [-0.1, -0.05) is 12.8 Å². The third kappa shape index (κ3) is 1.60. The van der Waals surface area contributed by atoms with Crippen molar-refractivity contribution in [2.24, 2.45) is 0 Å². The summed E-state index contributed by atoms with van der Waals surface area (Å²) >= 11 is 0. The van der Waals surface area contributed by atoms with E-state index in [1.807, 2.05) is 6.92 Å². The van der Waals surface area contributed by atoms with Crippen molar-refractivity contribution >= 4 is 5.97 Å². The quantitative estimate of drug-likeness (QED) is 0.799. The molecule has 1 fully saturated rings. The molecule has 1 aromatic rings. The Morgan fingerprint density at radius 2 is 2.00 bits per heavy atom. The molecule has 0 spiro atoms. The fourth-order valence-electron chi connectivity index (χ4n) is 2.20. The molecule has 0 unspecified atom stereocenters. The average molecular weight is 206 g/mol. The van der Waals surface area contributed by atoms with Crippen molar-refractivity contribution < 1.29 is 9.90 Å². The maximum atomic E-state index is 11.3. The first-order valence-electron chi connectivity index (χ1n) is 5.18. The third-order valence-corrected chi connectivity index (χ3v) is 3.14. The van der Waals surface area contributed by atoms with Crippen LogP contribution in [0.15, 0.2) is 12.4 Å². The van der Waals surface area contributed by atoms with E-state index in [2.05, 4.69) is 9.97 Å². The second-order valence-electron chi connectivity index (χ2n) is 4.14. The molecular formula is C11H14N2O2. The number of rotatable bonds is 2. The molecule has 2 rings (SSSR count). The van der Waals surface area contributed by atoms with Crippen molar-refractivity contribution in [1.82, 2.24) is 9.97 Å². The number of aromatic nitrogens is 2. The maximum Gasteiger partial charge on any atom is 0.315 e. The summed E-state index contributed by atoms with van der Waals surface area (Å²) in [6.07, 6.45) is 6.52. The van der Waals surface area contributed by atoms with E-state index >= 15 is 0 Å². The van der Waals surface area contributed by atoms with E-state index < -0.39 is 11.4 Å². The van der Waals surface area contributed by atoms with E-state index in [0.717, 1.165) is 18.5 Å². The van der Waals surface area contributed by atoms with E-state index in [9.17, 15) is 9.90 Å². The van der Waals surface area contributed by atoms with Crippen molar-refractivity contribution in [2.45, 2.75) is 38.0 Å². The van der Waals surface area contributed by atoms with E-state index in [1.54, 1.807) is 12.4 Å². The zero-order valence-electron chi connectivity index (χ0n) is 8.73. The van der Waals surface area contributed by atoms with Crippen LogP contribution in [-0.2, 0) is 10.2 Å². The molecule has 0 saturated heterocycles. The number of aliphatic carboxylic acids is 1. The van der Waals surface area contributed by atoms with Crippen LogP contribution in [0.25, 0.3) is 0 Å². The molecule has 1 aliphatic rings. The molecule has 0 atom stereocenters. The van der Waals surface area contributed by atoms with Crippen LogP contribution in [0.3, 0.4) is 0 Å². The van der Waals surface area contributed by atoms with Gasteiger partial charge in [0.15, 0.2) is 0 Å². The predicted molar refractivity (Wildman–Crippen MR) is 54.6 cm³/mol. The fraction of sp³-hybridized carbons (Fsp3) is 0.545. The number of nitrogens with zero attached hydrogens (tertiary/aromatic N) is 2. The maximum absolute atomic E-state index is 11.3. The smallest absolute Gasteiger partial charge is 0.315 e. The Hall–Kier alpha value is -1.45. The Morgan fingerprint density at radius 1 is 1.33 bits per heavy atom. The molecule has 15 heavy (non-hydrogen) atoms. The van der Waals surface area contributed by atoms with E-state index in [1.165, 1.54) is 0 Å². The number of aryl methyl sites for hydroxylation is 1. The molecule has 0 radical (unpaired) electrons. The topological polar surface area (TPSA) is 63.1 Å². The van der Waals surface area contributed by atoms with Crippen LogP contribution >= 0.6 is 0 Å². The normalized spacial score (nSPS) is 19.0. The average Bonchev–Trinajstić information content (AvgIpc) is 2.69. The van der Waals surface area contributed by atoms with Gasteiger partial charge in [-0.3, -0.25) is 14.8 Å². The van der Waals surface area contributed by atoms with Gasteiger partial charge in [-0.05, 0) is 19.8 Å². The largest absolute Gasteiger partial charge is 0.481 e. The van der Waals surface area contributed by atoms with Gasteiger partial charge in [0.2, 0.25) is 0 Å². The van der Waals surface area contributed by atoms with Gasteiger partial charge in [-0.25, -0.2) is 0 Å². The summed E-state index contributed by atoms with van der Waals surface area (Å²) in [5.41, 5.74) is 0.649. The van der Waals surface area contributed by atoms with Crippen molar-refractivity contribution in [3.8, 4) is 0 Å². The summed E-state index contributed by atoms with van der Waals surface area (Å²) in [6.45, 7) is 1.85. The monoisotopic (exact) mass is 206 g/mol. The highest BCUT2D eigenvalue weighted by Crippen LogP contribution is 2.40. The molecule has 0 aromatic carbocycles. The Kier molecular flexibility index (Phi) is 2.42. The number of hydrogen-bond acceptors (Lipinski definition) is 3. The zero-order chi connectivity index (χ0) is 10.9. The molecule has 80 valence electrons. The zero-order valence-corrected chi connectivity index (χ0v) is 8.73. The van der Waals surface area contributed by atoms with Gasteiger partial charge in [-0.2, -0.15) is 0 Å². The first kappa shape index (κ1) is 10.1. The Balaban J connectivity index is 2.41. The standard InChI is InChI=1S/C11H14N2O2/c1-8-6-13-9(7-12-8)11(10(14)15)4-2-3-5-11/h6-7H,2-5H2,1H3,(H,14,15). The Morgan fingerprint density at radius 3 is 2.47 bits per heavy atom. The highest BCUT2D eigenvalue weighted by Gasteiger charge is 2.44. The summed E-state index contributed by atoms with van der Waals surface area (Å²) in [5, 5.41) is 9.32. The summed E-state index contributed by atoms with van der Waals surface area (Å²) in [7, 11) is 0. The van der Waals surface area contributed by atoms with Gasteiger partial charge in [0.05, 0.1) is 11.4 Å². The van der Waals surface area contributed by atoms with Gasteiger partial charge >= 0.3 is 5.97 Å². The van der Waals surface area contributed by atoms with Crippen LogP contribution in [0.1, 0.15) is 37.1 Å². The second-order valence-corrected chi connectivity index (χ2v) is 4.14. The summed E-state index contributed by atoms with van der Waals surface area (Å²) in [6, 6.07) is 0. The fourth-order valence-corrected chi connectivity index (χ4v) is 2.20. The van der Waals surface area contributed by atoms with Gasteiger partial charge in [0, 0.05) is 12.4 Å². The van der Waals surface area contributed by atoms with Crippen LogP contribution in [0, 0.1) is 6.92 Å². The lowest BCUT2D eigenvalue weighted by atomic mass is 9.83. The van der Waals surface area contributed by atoms with Crippen LogP contribution in [0.4, 0.5) is 0 Å². The molecule has 1 aliphatic carbocycles. The summed E-state index contributed by atoms with van der Waals surface area (Å²) in [5.74, 6) is -0.766. The molecule has 1 heterocycles. The molecular weight excluding hydrogens is 192 g/mol. The molecule has 4 heteroatoms. The summed E-state index contributed by atoms with van der Waals surface area (Å²) in [4.78, 5) is 19.7. The van der Waals surface area contributed by atoms with Crippen molar-refractivity contribution in [2.75, 3.05) is 0 Å². The van der Waals surface area contributed by atoms with Gasteiger partial charge < -0.3 is 5.11 Å². The SMILES string of the molecule is Cc1cnc(C2(C(=O)O)CCCC2)cn1. The van der Waals surface area contributed by atoms with E-state index in [-0.39, 0.29) is 0 Å². The van der Waals surface area contributed by atoms with E-state index in [4.69, 9.17) is 0 Å². The highest BCUT2D eigenvalue weighted by molar-refractivity contribution is 5.81. The van der Waals surface area contributed by atoms with E-state index in [0.29, 0.717) is 18.5 Å². The molecule has 1 saturated carbocycles. The molecule has 1 N–H and O–H groups in total. The molecule has 1 aromatic heterocycles. The van der Waals surface area contributed by atoms with Crippen LogP contribution in [0.5, 0.6) is 0 Å². The first-order chi connectivity index (χ1) is 7.15. The molecule has 0 amide bonds. The number of carbonyl (C=O) groups is 1. The highest BCUT2D eigenvalue weighted by atomic mass is 16.4. The van der Waals surface area contributed by atoms with Crippen molar-refractivity contribution in [1.29, 1.82) is 0 Å². The Labute approximate surface area is 88.4 Å². The molecule has 4 nitrogen and oxygen atoms in total. The van der Waals surface area contributed by atoms with Crippen LogP contribution in [-0.4, -0.2) is 21.0 Å². The lowest BCUT2D eigenvalue weighted by Crippen LogP contribution is -2.33. The number of carboxylic acid groups (broad SMARTS) is 1. The van der Waals surface area contributed by atoms with Gasteiger partial charge in [0.1, 0.15) is 5.41 Å². The summed E-state index contributed by atoms with van der Waals surface area (Å²) < 4.78 is 0. The molecule has 0 aliphatic heterocycles. The Bertz CT molecular complexity index is 367. The van der Waals surface area contributed by atoms with Gasteiger partial charge in [0.25, 0.3) is 0 Å². The minimum absolute atomic E-state index is 0.609. The number of carboxylic acids is 1. The third-order valence-electron chi connectivity index (χ3n) is 3.14. The van der Waals surface area contributed by atoms with Gasteiger partial charge in [-0.15, -0.1) is 0 Å². The van der Waals surface area contributed by atoms with Crippen LogP contribution < -0.4 is 0 Å². The van der Waals surface area contributed by atoms with Crippen LogP contribution in [0.2, 0.25) is 0 Å². The lowest BCUT2D eigenvalue weighted by molar-refractivity contribution is -0.143. The van der Waals surface area contributed by atoms with Crippen molar-refractivity contribution in [3.05, 3.63) is 23.8 Å². The number of hydrogen-bond donors (Lipinski definition) is 1.